The standard InChI is InChI=1S/C14H24N2O2S/c15-13(19)11-1-5-16(6-2-11)12-3-7-18-14(9-12)4-8-17-10-14/h11-12H,1-10H2,(H2,15,19). The van der Waals surface area contributed by atoms with Crippen molar-refractivity contribution in [1.82, 2.24) is 4.90 Å². The Morgan fingerprint density at radius 1 is 1.21 bits per heavy atom. The molecule has 3 saturated heterocycles. The molecule has 4 nitrogen and oxygen atoms in total. The Balaban J connectivity index is 1.56. The van der Waals surface area contributed by atoms with Gasteiger partial charge in [0, 0.05) is 31.6 Å². The van der Waals surface area contributed by atoms with Gasteiger partial charge in [-0.15, -0.1) is 0 Å². The molecule has 3 heterocycles. The Bertz CT molecular complexity index is 336. The molecule has 3 rings (SSSR count). The van der Waals surface area contributed by atoms with E-state index >= 15 is 0 Å². The first-order valence-corrected chi connectivity index (χ1v) is 7.84. The summed E-state index contributed by atoms with van der Waals surface area (Å²) in [6.45, 7) is 4.78. The molecule has 19 heavy (non-hydrogen) atoms. The lowest BCUT2D eigenvalue weighted by molar-refractivity contribution is -0.108. The number of hydrogen-bond acceptors (Lipinski definition) is 4. The predicted molar refractivity (Wildman–Crippen MR) is 78.2 cm³/mol. The van der Waals surface area contributed by atoms with Gasteiger partial charge in [-0.05, 0) is 38.8 Å². The molecule has 1 spiro atoms. The summed E-state index contributed by atoms with van der Waals surface area (Å²) in [6.07, 6.45) is 5.59. The van der Waals surface area contributed by atoms with Crippen molar-refractivity contribution in [3.05, 3.63) is 0 Å². The molecule has 0 amide bonds. The van der Waals surface area contributed by atoms with Gasteiger partial charge in [0.25, 0.3) is 0 Å². The number of nitrogens with zero attached hydrogens (tertiary/aromatic N) is 1. The molecule has 0 radical (unpaired) electrons. The first-order valence-electron chi connectivity index (χ1n) is 7.44. The van der Waals surface area contributed by atoms with E-state index in [-0.39, 0.29) is 5.60 Å². The zero-order chi connectivity index (χ0) is 13.3. The summed E-state index contributed by atoms with van der Waals surface area (Å²) in [5.74, 6) is 0.454. The molecular formula is C14H24N2O2S. The van der Waals surface area contributed by atoms with Gasteiger partial charge < -0.3 is 20.1 Å². The van der Waals surface area contributed by atoms with Gasteiger partial charge in [0.1, 0.15) is 0 Å². The highest BCUT2D eigenvalue weighted by Crippen LogP contribution is 2.35. The summed E-state index contributed by atoms with van der Waals surface area (Å²) in [6, 6.07) is 0.655. The van der Waals surface area contributed by atoms with Crippen LogP contribution >= 0.6 is 12.2 Å². The third kappa shape index (κ3) is 2.94. The van der Waals surface area contributed by atoms with Crippen LogP contribution in [0.5, 0.6) is 0 Å². The Morgan fingerprint density at radius 2 is 2.00 bits per heavy atom. The minimum atomic E-state index is 0.0168. The third-order valence-electron chi connectivity index (χ3n) is 4.98. The smallest absolute Gasteiger partial charge is 0.0951 e. The Morgan fingerprint density at radius 3 is 2.63 bits per heavy atom. The van der Waals surface area contributed by atoms with E-state index in [0.717, 1.165) is 65.0 Å². The van der Waals surface area contributed by atoms with Crippen molar-refractivity contribution < 1.29 is 9.47 Å². The van der Waals surface area contributed by atoms with Crippen LogP contribution in [0.15, 0.2) is 0 Å². The quantitative estimate of drug-likeness (QED) is 0.775. The molecule has 108 valence electrons. The summed E-state index contributed by atoms with van der Waals surface area (Å²) >= 11 is 5.12. The summed E-state index contributed by atoms with van der Waals surface area (Å²) < 4.78 is 11.6. The van der Waals surface area contributed by atoms with Crippen LogP contribution in [0.3, 0.4) is 0 Å². The number of likely N-dealkylation sites (tertiary alicyclic amines) is 1. The largest absolute Gasteiger partial charge is 0.393 e. The van der Waals surface area contributed by atoms with Crippen LogP contribution in [-0.2, 0) is 9.47 Å². The van der Waals surface area contributed by atoms with Crippen molar-refractivity contribution in [2.24, 2.45) is 11.7 Å². The normalized spacial score (nSPS) is 37.8. The maximum atomic E-state index is 6.01. The monoisotopic (exact) mass is 284 g/mol. The van der Waals surface area contributed by atoms with Crippen molar-refractivity contribution in [2.45, 2.75) is 43.7 Å². The summed E-state index contributed by atoms with van der Waals surface area (Å²) in [7, 11) is 0. The number of thiocarbonyl (C=S) groups is 1. The van der Waals surface area contributed by atoms with Crippen LogP contribution in [-0.4, -0.2) is 54.4 Å². The minimum absolute atomic E-state index is 0.0168. The van der Waals surface area contributed by atoms with Crippen LogP contribution in [0.2, 0.25) is 0 Å². The minimum Gasteiger partial charge on any atom is -0.393 e. The van der Waals surface area contributed by atoms with E-state index in [2.05, 4.69) is 4.90 Å². The SMILES string of the molecule is NC(=S)C1CCN(C2CCOC3(CCOC3)C2)CC1. The topological polar surface area (TPSA) is 47.7 Å². The predicted octanol–water partition coefficient (Wildman–Crippen LogP) is 1.32. The number of ether oxygens (including phenoxy) is 2. The molecule has 3 fully saturated rings. The van der Waals surface area contributed by atoms with Gasteiger partial charge in [-0.1, -0.05) is 12.2 Å². The van der Waals surface area contributed by atoms with E-state index in [0.29, 0.717) is 16.9 Å². The lowest BCUT2D eigenvalue weighted by atomic mass is 9.87. The van der Waals surface area contributed by atoms with Crippen molar-refractivity contribution in [1.29, 1.82) is 0 Å². The number of rotatable bonds is 2. The van der Waals surface area contributed by atoms with Gasteiger partial charge in [0.05, 0.1) is 17.2 Å². The van der Waals surface area contributed by atoms with Crippen LogP contribution in [0, 0.1) is 5.92 Å². The second-order valence-electron chi connectivity index (χ2n) is 6.19. The highest BCUT2D eigenvalue weighted by molar-refractivity contribution is 7.80. The lowest BCUT2D eigenvalue weighted by Crippen LogP contribution is -2.51. The molecule has 2 unspecified atom stereocenters. The van der Waals surface area contributed by atoms with E-state index in [1.807, 2.05) is 0 Å². The molecule has 2 atom stereocenters. The number of hydrogen-bond donors (Lipinski definition) is 1. The second-order valence-corrected chi connectivity index (χ2v) is 6.66. The number of nitrogens with two attached hydrogens (primary N) is 1. The van der Waals surface area contributed by atoms with Crippen LogP contribution < -0.4 is 5.73 Å². The highest BCUT2D eigenvalue weighted by atomic mass is 32.1. The maximum absolute atomic E-state index is 6.01. The molecule has 0 aromatic rings. The van der Waals surface area contributed by atoms with Crippen LogP contribution in [0.25, 0.3) is 0 Å². The molecule has 0 aromatic carbocycles. The van der Waals surface area contributed by atoms with E-state index in [4.69, 9.17) is 27.4 Å². The molecule has 0 saturated carbocycles. The summed E-state index contributed by atoms with van der Waals surface area (Å²) in [4.78, 5) is 3.32. The van der Waals surface area contributed by atoms with Crippen LogP contribution in [0.1, 0.15) is 32.1 Å². The van der Waals surface area contributed by atoms with Crippen molar-refractivity contribution in [3.8, 4) is 0 Å². The molecule has 0 bridgehead atoms. The van der Waals surface area contributed by atoms with Gasteiger partial charge in [-0.3, -0.25) is 0 Å². The molecular weight excluding hydrogens is 260 g/mol. The molecule has 5 heteroatoms. The molecule has 0 aliphatic carbocycles. The van der Waals surface area contributed by atoms with Crippen molar-refractivity contribution in [2.75, 3.05) is 32.9 Å². The molecule has 0 aromatic heterocycles. The Kier molecular flexibility index (Phi) is 4.08. The van der Waals surface area contributed by atoms with Crippen molar-refractivity contribution in [3.63, 3.8) is 0 Å². The van der Waals surface area contributed by atoms with Gasteiger partial charge in [-0.25, -0.2) is 0 Å². The average molecular weight is 284 g/mol. The maximum Gasteiger partial charge on any atom is 0.0951 e. The zero-order valence-electron chi connectivity index (χ0n) is 11.5. The van der Waals surface area contributed by atoms with Crippen molar-refractivity contribution >= 4 is 17.2 Å². The molecule has 3 aliphatic rings. The van der Waals surface area contributed by atoms with E-state index in [1.54, 1.807) is 0 Å². The van der Waals surface area contributed by atoms with Gasteiger partial charge in [0.2, 0.25) is 0 Å². The second kappa shape index (κ2) is 5.64. The first kappa shape index (κ1) is 13.7. The fourth-order valence-electron chi connectivity index (χ4n) is 3.73. The Labute approximate surface area is 120 Å². The highest BCUT2D eigenvalue weighted by Gasteiger charge is 2.42. The van der Waals surface area contributed by atoms with E-state index < -0.39 is 0 Å². The lowest BCUT2D eigenvalue weighted by Gasteiger charge is -2.44. The fraction of sp³-hybridized carbons (Fsp3) is 0.929. The average Bonchev–Trinajstić information content (AvgIpc) is 2.87. The summed E-state index contributed by atoms with van der Waals surface area (Å²) in [5, 5.41) is 0. The van der Waals surface area contributed by atoms with Crippen LogP contribution in [0.4, 0.5) is 0 Å². The van der Waals surface area contributed by atoms with E-state index in [1.165, 1.54) is 0 Å². The zero-order valence-corrected chi connectivity index (χ0v) is 12.3. The summed E-state index contributed by atoms with van der Waals surface area (Å²) in [5.41, 5.74) is 5.78. The van der Waals surface area contributed by atoms with Gasteiger partial charge >= 0.3 is 0 Å². The molecule has 3 aliphatic heterocycles. The Hall–Kier alpha value is -0.230. The molecule has 2 N–H and O–H groups in total. The fourth-order valence-corrected chi connectivity index (χ4v) is 3.96. The third-order valence-corrected chi connectivity index (χ3v) is 5.32. The van der Waals surface area contributed by atoms with E-state index in [9.17, 15) is 0 Å². The first-order chi connectivity index (χ1) is 9.19. The van der Waals surface area contributed by atoms with Gasteiger partial charge in [0.15, 0.2) is 0 Å². The van der Waals surface area contributed by atoms with Gasteiger partial charge in [-0.2, -0.15) is 0 Å². The number of piperidine rings is 1.